The second kappa shape index (κ2) is 16.6. The maximum atomic E-state index is 3.39. The first-order chi connectivity index (χ1) is 11.9. The Morgan fingerprint density at radius 2 is 0.731 bits per heavy atom. The number of quaternary nitrogens is 1. The number of nitrogens with zero attached hydrogens (tertiary/aromatic N) is 1. The monoisotopic (exact) mass is 539 g/mol. The summed E-state index contributed by atoms with van der Waals surface area (Å²) < 4.78 is 1.28. The van der Waals surface area contributed by atoms with E-state index >= 15 is 0 Å². The summed E-state index contributed by atoms with van der Waals surface area (Å²) in [7, 11) is 0. The summed E-state index contributed by atoms with van der Waals surface area (Å²) in [6.07, 6.45) is 0. The number of benzene rings is 2. The average molecular weight is 541 g/mol. The summed E-state index contributed by atoms with van der Waals surface area (Å²) in [6, 6.07) is 15.9. The van der Waals surface area contributed by atoms with Gasteiger partial charge in [-0.1, -0.05) is 24.3 Å². The maximum absolute atomic E-state index is 3.39. The van der Waals surface area contributed by atoms with Gasteiger partial charge in [-0.25, -0.2) is 0 Å². The average Bonchev–Trinajstić information content (AvgIpc) is 2.64. The standard InChI is InChI=1S/C8H20N.2C6H6S2.Sb/c1-5-9(6-2,7-3)8-4;2*7-5-3-1-2-4-6(5)8;/h5-8H2,1-4H3;2*1-4,7-8H;/q+1;;;/p+4. The third kappa shape index (κ3) is 11.5. The van der Waals surface area contributed by atoms with Gasteiger partial charge in [0.1, 0.15) is 0 Å². The van der Waals surface area contributed by atoms with Crippen LogP contribution >= 0.6 is 0 Å². The Balaban J connectivity index is 0. The molecule has 0 bridgehead atoms. The van der Waals surface area contributed by atoms with E-state index in [4.69, 9.17) is 0 Å². The van der Waals surface area contributed by atoms with E-state index in [1.54, 1.807) is 0 Å². The van der Waals surface area contributed by atoms with Gasteiger partial charge in [0.2, 0.25) is 19.6 Å². The number of hydrogen-bond acceptors (Lipinski definition) is 0. The van der Waals surface area contributed by atoms with Gasteiger partial charge in [0, 0.05) is 24.4 Å². The second-order valence-electron chi connectivity index (χ2n) is 5.70. The molecule has 0 aliphatic heterocycles. The van der Waals surface area contributed by atoms with E-state index in [0.717, 1.165) is 19.6 Å². The Hall–Kier alpha value is 0.618. The van der Waals surface area contributed by atoms with Crippen LogP contribution < -0.4 is 0 Å². The van der Waals surface area contributed by atoms with Crippen molar-refractivity contribution in [3.63, 3.8) is 0 Å². The first-order valence-electron chi connectivity index (χ1n) is 8.75. The van der Waals surface area contributed by atoms with Crippen molar-refractivity contribution < 1.29 is 4.48 Å². The van der Waals surface area contributed by atoms with E-state index in [0.29, 0.717) is 0 Å². The molecule has 0 aliphatic rings. The predicted octanol–water partition coefficient (Wildman–Crippen LogP) is 2.36. The summed E-state index contributed by atoms with van der Waals surface area (Å²) in [5.41, 5.74) is 0. The Morgan fingerprint density at radius 1 is 0.538 bits per heavy atom. The summed E-state index contributed by atoms with van der Waals surface area (Å²) in [5.74, 6) is 0. The molecular formula is C20H36NS4Sb+5. The molecule has 2 aromatic carbocycles. The van der Waals surface area contributed by atoms with Crippen molar-refractivity contribution in [2.24, 2.45) is 0 Å². The van der Waals surface area contributed by atoms with Crippen LogP contribution in [0.2, 0.25) is 0 Å². The van der Waals surface area contributed by atoms with E-state index in [9.17, 15) is 0 Å². The first kappa shape index (κ1) is 28.8. The maximum Gasteiger partial charge on any atom is 0.204 e. The van der Waals surface area contributed by atoms with Crippen LogP contribution in [0.4, 0.5) is 0 Å². The van der Waals surface area contributed by atoms with Gasteiger partial charge >= 0.3 is 0 Å². The zero-order chi connectivity index (χ0) is 19.3. The van der Waals surface area contributed by atoms with Crippen LogP contribution in [0.5, 0.6) is 0 Å². The third-order valence-corrected chi connectivity index (χ3v) is 6.78. The van der Waals surface area contributed by atoms with Crippen molar-refractivity contribution in [3.05, 3.63) is 48.5 Å². The van der Waals surface area contributed by atoms with Crippen molar-refractivity contribution in [1.29, 1.82) is 0 Å². The van der Waals surface area contributed by atoms with Crippen LogP contribution in [0.25, 0.3) is 0 Å². The van der Waals surface area contributed by atoms with Gasteiger partial charge in [-0.3, -0.25) is 0 Å². The first-order valence-corrected chi connectivity index (χ1v) is 10.7. The summed E-state index contributed by atoms with van der Waals surface area (Å²) in [5, 5.41) is 0. The van der Waals surface area contributed by atoms with E-state index in [-0.39, 0.29) is 24.4 Å². The predicted molar refractivity (Wildman–Crippen MR) is 135 cm³/mol. The fourth-order valence-electron chi connectivity index (χ4n) is 2.31. The van der Waals surface area contributed by atoms with Crippen LogP contribution in [-0.4, -0.2) is 55.1 Å². The normalized spacial score (nSPS) is 9.85. The molecule has 3 radical (unpaired) electrons. The molecule has 145 valence electrons. The molecular weight excluding hydrogens is 504 g/mol. The number of rotatable bonds is 4. The Morgan fingerprint density at radius 3 is 0.808 bits per heavy atom. The summed E-state index contributed by atoms with van der Waals surface area (Å²) in [6.45, 7) is 14.2. The molecule has 0 N–H and O–H groups in total. The molecule has 0 saturated carbocycles. The van der Waals surface area contributed by atoms with E-state index < -0.39 is 0 Å². The third-order valence-electron chi connectivity index (χ3n) is 4.54. The minimum absolute atomic E-state index is 0. The topological polar surface area (TPSA) is 0 Å². The summed E-state index contributed by atoms with van der Waals surface area (Å²) >= 11 is 13.6. The summed E-state index contributed by atoms with van der Waals surface area (Å²) in [4.78, 5) is 4.35. The van der Waals surface area contributed by atoms with Gasteiger partial charge in [0.05, 0.1) is 26.2 Å². The minimum Gasteiger partial charge on any atom is -0.325 e. The molecule has 0 heterocycles. The van der Waals surface area contributed by atoms with Gasteiger partial charge in [-0.2, -0.15) is 0 Å². The van der Waals surface area contributed by atoms with Crippen LogP contribution in [0.15, 0.2) is 68.1 Å². The molecule has 2 aromatic rings. The second-order valence-corrected chi connectivity index (χ2v) is 7.85. The van der Waals surface area contributed by atoms with Crippen LogP contribution in [-0.2, 0) is 50.5 Å². The van der Waals surface area contributed by atoms with Gasteiger partial charge < -0.3 is 4.48 Å². The van der Waals surface area contributed by atoms with Crippen LogP contribution in [0.1, 0.15) is 27.7 Å². The molecule has 0 saturated heterocycles. The zero-order valence-corrected chi connectivity index (χ0v) is 22.9. The molecule has 2 rings (SSSR count). The van der Waals surface area contributed by atoms with Gasteiger partial charge in [0.25, 0.3) is 0 Å². The fraction of sp³-hybridized carbons (Fsp3) is 0.400. The molecule has 0 unspecified atom stereocenters. The van der Waals surface area contributed by atoms with Gasteiger partial charge in [0.15, 0.2) is 0 Å². The van der Waals surface area contributed by atoms with Crippen molar-refractivity contribution in [2.45, 2.75) is 47.3 Å². The van der Waals surface area contributed by atoms with E-state index in [2.05, 4.69) is 78.2 Å². The molecule has 0 spiro atoms. The van der Waals surface area contributed by atoms with Crippen LogP contribution in [0.3, 0.4) is 0 Å². The molecule has 6 heteroatoms. The quantitative estimate of drug-likeness (QED) is 0.318. The Kier molecular flexibility index (Phi) is 18.4. The van der Waals surface area contributed by atoms with E-state index in [1.807, 2.05) is 48.5 Å². The van der Waals surface area contributed by atoms with Crippen molar-refractivity contribution in [3.8, 4) is 0 Å². The van der Waals surface area contributed by atoms with Gasteiger partial charge in [-0.05, 0) is 102 Å². The fourth-order valence-corrected chi connectivity index (χ4v) is 3.03. The molecule has 0 aliphatic carbocycles. The van der Waals surface area contributed by atoms with Crippen molar-refractivity contribution in [2.75, 3.05) is 26.2 Å². The molecule has 0 fully saturated rings. The zero-order valence-electron chi connectivity index (χ0n) is 16.3. The largest absolute Gasteiger partial charge is 0.325 e. The Bertz CT molecular complexity index is 501. The van der Waals surface area contributed by atoms with Gasteiger partial charge in [-0.15, -0.1) is 0 Å². The SMILES string of the molecule is CC[N+](CC)(CC)CC.[SH2+]c1ccccc1[SH2+].[SH2+]c1ccccc1[SH2+].[Sb]. The van der Waals surface area contributed by atoms with Crippen molar-refractivity contribution >= 4 is 74.9 Å². The minimum atomic E-state index is 0. The molecule has 0 atom stereocenters. The smallest absolute Gasteiger partial charge is 0.204 e. The van der Waals surface area contributed by atoms with Crippen LogP contribution in [0, 0.1) is 0 Å². The molecule has 26 heavy (non-hydrogen) atoms. The van der Waals surface area contributed by atoms with Crippen molar-refractivity contribution in [1.82, 2.24) is 0 Å². The molecule has 0 aromatic heterocycles. The molecule has 1 nitrogen and oxygen atoms in total. The number of hydrogen-bond donors (Lipinski definition) is 0. The Labute approximate surface area is 200 Å². The van der Waals surface area contributed by atoms with E-state index in [1.165, 1.54) is 30.7 Å². The molecule has 0 amide bonds.